The van der Waals surface area contributed by atoms with Crippen molar-refractivity contribution in [2.24, 2.45) is 0 Å². The van der Waals surface area contributed by atoms with Crippen LogP contribution in [-0.2, 0) is 6.42 Å². The van der Waals surface area contributed by atoms with Crippen molar-refractivity contribution in [2.45, 2.75) is 19.4 Å². The summed E-state index contributed by atoms with van der Waals surface area (Å²) in [6, 6.07) is 9.00. The Kier molecular flexibility index (Phi) is 5.70. The predicted octanol–water partition coefficient (Wildman–Crippen LogP) is 3.89. The smallest absolute Gasteiger partial charge is 0.165 e. The topological polar surface area (TPSA) is 34.2 Å². The molecule has 112 valence electrons. The van der Waals surface area contributed by atoms with Crippen LogP contribution >= 0.6 is 15.9 Å². The van der Waals surface area contributed by atoms with E-state index in [2.05, 4.69) is 26.2 Å². The highest BCUT2D eigenvalue weighted by molar-refractivity contribution is 9.10. The molecule has 2 rings (SSSR count). The summed E-state index contributed by atoms with van der Waals surface area (Å²) in [6.45, 7) is 2.83. The molecule has 1 unspecified atom stereocenters. The lowest BCUT2D eigenvalue weighted by Gasteiger charge is -2.18. The number of methoxy groups -OCH3 is 1. The first kappa shape index (κ1) is 15.9. The number of ether oxygens (including phenoxy) is 1. The summed E-state index contributed by atoms with van der Waals surface area (Å²) in [7, 11) is 1.46. The monoisotopic (exact) mass is 352 g/mol. The van der Waals surface area contributed by atoms with Gasteiger partial charge in [-0.2, -0.15) is 0 Å². The van der Waals surface area contributed by atoms with Crippen LogP contribution < -0.4 is 10.1 Å². The zero-order valence-corrected chi connectivity index (χ0v) is 13.7. The van der Waals surface area contributed by atoms with Gasteiger partial charge in [0.1, 0.15) is 0 Å². The van der Waals surface area contributed by atoms with E-state index in [9.17, 15) is 4.39 Å². The van der Waals surface area contributed by atoms with Gasteiger partial charge in [0.25, 0.3) is 0 Å². The van der Waals surface area contributed by atoms with Gasteiger partial charge in [0.2, 0.25) is 0 Å². The highest BCUT2D eigenvalue weighted by Crippen LogP contribution is 2.24. The molecule has 0 saturated carbocycles. The number of nitrogens with one attached hydrogen (secondary N) is 1. The van der Waals surface area contributed by atoms with Crippen LogP contribution in [-0.4, -0.2) is 18.6 Å². The van der Waals surface area contributed by atoms with Crippen LogP contribution in [0.25, 0.3) is 0 Å². The van der Waals surface area contributed by atoms with Crippen molar-refractivity contribution < 1.29 is 9.13 Å². The molecular weight excluding hydrogens is 335 g/mol. The van der Waals surface area contributed by atoms with E-state index < -0.39 is 0 Å². The molecule has 0 aliphatic heterocycles. The Balaban J connectivity index is 2.21. The van der Waals surface area contributed by atoms with Crippen molar-refractivity contribution in [2.75, 3.05) is 13.7 Å². The maximum Gasteiger partial charge on any atom is 0.165 e. The standard InChI is InChI=1S/C16H18BrFN2O/c1-3-19-15(9-13-6-5-12(17)10-20-13)11-4-7-16(21-2)14(18)8-11/h4-8,10,15,19H,3,9H2,1-2H3. The second-order valence-electron chi connectivity index (χ2n) is 4.68. The number of benzene rings is 1. The fraction of sp³-hybridized carbons (Fsp3) is 0.312. The second-order valence-corrected chi connectivity index (χ2v) is 5.59. The highest BCUT2D eigenvalue weighted by Gasteiger charge is 2.14. The van der Waals surface area contributed by atoms with Gasteiger partial charge in [-0.05, 0) is 52.3 Å². The highest BCUT2D eigenvalue weighted by atomic mass is 79.9. The molecule has 0 aliphatic rings. The molecule has 5 heteroatoms. The molecule has 0 radical (unpaired) electrons. The summed E-state index contributed by atoms with van der Waals surface area (Å²) < 4.78 is 19.8. The zero-order chi connectivity index (χ0) is 15.2. The van der Waals surface area contributed by atoms with Crippen LogP contribution in [0, 0.1) is 5.82 Å². The minimum atomic E-state index is -0.346. The van der Waals surface area contributed by atoms with Crippen LogP contribution in [0.15, 0.2) is 41.0 Å². The average Bonchev–Trinajstić information content (AvgIpc) is 2.49. The average molecular weight is 353 g/mol. The van der Waals surface area contributed by atoms with Gasteiger partial charge < -0.3 is 10.1 Å². The van der Waals surface area contributed by atoms with Gasteiger partial charge in [0, 0.05) is 28.8 Å². The number of pyridine rings is 1. The third kappa shape index (κ3) is 4.25. The lowest BCUT2D eigenvalue weighted by molar-refractivity contribution is 0.385. The first-order chi connectivity index (χ1) is 10.1. The summed E-state index contributed by atoms with van der Waals surface area (Å²) in [4.78, 5) is 4.38. The molecule has 2 aromatic rings. The van der Waals surface area contributed by atoms with Crippen LogP contribution in [0.5, 0.6) is 5.75 Å². The SMILES string of the molecule is CCNC(Cc1ccc(Br)cn1)c1ccc(OC)c(F)c1. The molecule has 1 atom stereocenters. The predicted molar refractivity (Wildman–Crippen MR) is 85.0 cm³/mol. The summed E-state index contributed by atoms with van der Waals surface area (Å²) >= 11 is 3.37. The molecule has 1 heterocycles. The van der Waals surface area contributed by atoms with Gasteiger partial charge in [-0.15, -0.1) is 0 Å². The molecule has 0 fully saturated rings. The van der Waals surface area contributed by atoms with E-state index in [1.807, 2.05) is 25.1 Å². The van der Waals surface area contributed by atoms with Crippen molar-refractivity contribution in [1.82, 2.24) is 10.3 Å². The fourth-order valence-electron chi connectivity index (χ4n) is 2.19. The molecule has 0 aliphatic carbocycles. The van der Waals surface area contributed by atoms with Crippen molar-refractivity contribution in [3.63, 3.8) is 0 Å². The van der Waals surface area contributed by atoms with Gasteiger partial charge in [-0.1, -0.05) is 13.0 Å². The Morgan fingerprint density at radius 1 is 1.33 bits per heavy atom. The van der Waals surface area contributed by atoms with E-state index in [1.54, 1.807) is 12.3 Å². The van der Waals surface area contributed by atoms with Crippen molar-refractivity contribution >= 4 is 15.9 Å². The molecule has 0 spiro atoms. The number of hydrogen-bond donors (Lipinski definition) is 1. The third-order valence-electron chi connectivity index (χ3n) is 3.23. The maximum absolute atomic E-state index is 13.9. The molecule has 1 N–H and O–H groups in total. The van der Waals surface area contributed by atoms with Gasteiger partial charge in [0.15, 0.2) is 11.6 Å². The summed E-state index contributed by atoms with van der Waals surface area (Å²) in [5, 5.41) is 3.37. The molecule has 0 bridgehead atoms. The van der Waals surface area contributed by atoms with Crippen molar-refractivity contribution in [3.05, 3.63) is 58.1 Å². The molecule has 21 heavy (non-hydrogen) atoms. The van der Waals surface area contributed by atoms with Gasteiger partial charge in [0.05, 0.1) is 7.11 Å². The minimum absolute atomic E-state index is 0.0177. The molecule has 1 aromatic heterocycles. The van der Waals surface area contributed by atoms with Crippen LogP contribution in [0.3, 0.4) is 0 Å². The first-order valence-electron chi connectivity index (χ1n) is 6.81. The van der Waals surface area contributed by atoms with Crippen molar-refractivity contribution in [3.8, 4) is 5.75 Å². The molecule has 0 saturated heterocycles. The number of nitrogens with zero attached hydrogens (tertiary/aromatic N) is 1. The van der Waals surface area contributed by atoms with E-state index in [1.165, 1.54) is 13.2 Å². The quantitative estimate of drug-likeness (QED) is 0.856. The second kappa shape index (κ2) is 7.52. The Morgan fingerprint density at radius 2 is 2.14 bits per heavy atom. The number of aromatic nitrogens is 1. The lowest BCUT2D eigenvalue weighted by Crippen LogP contribution is -2.23. The van der Waals surface area contributed by atoms with Crippen molar-refractivity contribution in [1.29, 1.82) is 0 Å². The van der Waals surface area contributed by atoms with E-state index >= 15 is 0 Å². The summed E-state index contributed by atoms with van der Waals surface area (Å²) in [6.07, 6.45) is 2.47. The summed E-state index contributed by atoms with van der Waals surface area (Å²) in [5.41, 5.74) is 1.85. The molecule has 0 amide bonds. The number of likely N-dealkylation sites (N-methyl/N-ethyl adjacent to an activating group) is 1. The first-order valence-corrected chi connectivity index (χ1v) is 7.60. The van der Waals surface area contributed by atoms with E-state index in [0.29, 0.717) is 6.42 Å². The Labute approximate surface area is 132 Å². The molecule has 1 aromatic carbocycles. The Bertz CT molecular complexity index is 589. The van der Waals surface area contributed by atoms with Crippen LogP contribution in [0.1, 0.15) is 24.2 Å². The zero-order valence-electron chi connectivity index (χ0n) is 12.1. The summed E-state index contributed by atoms with van der Waals surface area (Å²) in [5.74, 6) is -0.0857. The largest absolute Gasteiger partial charge is 0.494 e. The minimum Gasteiger partial charge on any atom is -0.494 e. The van der Waals surface area contributed by atoms with E-state index in [4.69, 9.17) is 4.74 Å². The maximum atomic E-state index is 13.9. The number of rotatable bonds is 6. The van der Waals surface area contributed by atoms with Gasteiger partial charge in [-0.3, -0.25) is 4.98 Å². The third-order valence-corrected chi connectivity index (χ3v) is 3.70. The number of halogens is 2. The van der Waals surface area contributed by atoms with E-state index in [0.717, 1.165) is 22.3 Å². The Morgan fingerprint density at radius 3 is 2.71 bits per heavy atom. The lowest BCUT2D eigenvalue weighted by atomic mass is 10.0. The van der Waals surface area contributed by atoms with E-state index in [-0.39, 0.29) is 17.6 Å². The number of hydrogen-bond acceptors (Lipinski definition) is 3. The fourth-order valence-corrected chi connectivity index (χ4v) is 2.42. The Hall–Kier alpha value is -1.46. The van der Waals surface area contributed by atoms with Gasteiger partial charge >= 0.3 is 0 Å². The molecule has 3 nitrogen and oxygen atoms in total. The normalized spacial score (nSPS) is 12.2. The van der Waals surface area contributed by atoms with Crippen LogP contribution in [0.2, 0.25) is 0 Å². The molecular formula is C16H18BrFN2O. The van der Waals surface area contributed by atoms with Crippen LogP contribution in [0.4, 0.5) is 4.39 Å². The van der Waals surface area contributed by atoms with Gasteiger partial charge in [-0.25, -0.2) is 4.39 Å².